The quantitative estimate of drug-likeness (QED) is 0.794. The molecule has 2 aromatic rings. The maximum atomic E-state index is 14.3. The number of rotatable bonds is 6. The summed E-state index contributed by atoms with van der Waals surface area (Å²) in [7, 11) is 0. The zero-order valence-electron chi connectivity index (χ0n) is 14.5. The highest BCUT2D eigenvalue weighted by molar-refractivity contribution is 5.66. The van der Waals surface area contributed by atoms with E-state index in [-0.39, 0.29) is 5.82 Å². The van der Waals surface area contributed by atoms with E-state index < -0.39 is 0 Å². The van der Waals surface area contributed by atoms with Crippen molar-refractivity contribution in [1.82, 2.24) is 15.5 Å². The summed E-state index contributed by atoms with van der Waals surface area (Å²) in [5, 5.41) is 6.06. The van der Waals surface area contributed by atoms with Crippen LogP contribution in [0.4, 0.5) is 4.39 Å². The second-order valence-electron chi connectivity index (χ2n) is 6.60. The lowest BCUT2D eigenvalue weighted by atomic mass is 10.00. The molecule has 1 saturated heterocycles. The number of amides is 1. The van der Waals surface area contributed by atoms with Crippen molar-refractivity contribution in [3.8, 4) is 11.1 Å². The van der Waals surface area contributed by atoms with E-state index in [4.69, 9.17) is 0 Å². The van der Waals surface area contributed by atoms with Gasteiger partial charge in [-0.1, -0.05) is 24.3 Å². The highest BCUT2D eigenvalue weighted by atomic mass is 19.1. The molecule has 1 heterocycles. The fraction of sp³-hybridized carbons (Fsp3) is 0.350. The van der Waals surface area contributed by atoms with Gasteiger partial charge in [-0.3, -0.25) is 9.69 Å². The smallest absolute Gasteiger partial charge is 0.207 e. The Morgan fingerprint density at radius 2 is 2.16 bits per heavy atom. The number of nitrogens with one attached hydrogen (secondary N) is 2. The molecule has 2 N–H and O–H groups in total. The zero-order chi connectivity index (χ0) is 17.6. The number of piperazine rings is 1. The van der Waals surface area contributed by atoms with Gasteiger partial charge in [0.15, 0.2) is 0 Å². The van der Waals surface area contributed by atoms with Gasteiger partial charge in [-0.2, -0.15) is 0 Å². The number of hydrogen-bond donors (Lipinski definition) is 2. The first kappa shape index (κ1) is 17.6. The minimum absolute atomic E-state index is 0.247. The lowest BCUT2D eigenvalue weighted by molar-refractivity contribution is -0.109. The van der Waals surface area contributed by atoms with Crippen molar-refractivity contribution in [3.63, 3.8) is 0 Å². The van der Waals surface area contributed by atoms with Crippen LogP contribution in [-0.4, -0.2) is 37.0 Å². The Labute approximate surface area is 148 Å². The third kappa shape index (κ3) is 4.65. The van der Waals surface area contributed by atoms with Gasteiger partial charge in [0.2, 0.25) is 6.41 Å². The molecule has 0 radical (unpaired) electrons. The molecular weight excluding hydrogens is 317 g/mol. The van der Waals surface area contributed by atoms with Crippen LogP contribution in [0.15, 0.2) is 42.5 Å². The average molecular weight is 341 g/mol. The summed E-state index contributed by atoms with van der Waals surface area (Å²) >= 11 is 0. The Kier molecular flexibility index (Phi) is 5.79. The van der Waals surface area contributed by atoms with E-state index in [0.29, 0.717) is 24.6 Å². The summed E-state index contributed by atoms with van der Waals surface area (Å²) in [4.78, 5) is 12.9. The molecule has 0 bridgehead atoms. The lowest BCUT2D eigenvalue weighted by Gasteiger charge is -2.31. The molecule has 0 aromatic heterocycles. The molecule has 0 saturated carbocycles. The molecule has 1 fully saturated rings. The summed E-state index contributed by atoms with van der Waals surface area (Å²) in [5.41, 5.74) is 3.50. The van der Waals surface area contributed by atoms with Crippen LogP contribution >= 0.6 is 0 Å². The van der Waals surface area contributed by atoms with Gasteiger partial charge in [-0.05, 0) is 41.8 Å². The highest BCUT2D eigenvalue weighted by Crippen LogP contribution is 2.25. The van der Waals surface area contributed by atoms with Crippen LogP contribution < -0.4 is 10.6 Å². The number of nitrogens with zero attached hydrogens (tertiary/aromatic N) is 1. The predicted molar refractivity (Wildman–Crippen MR) is 97.5 cm³/mol. The van der Waals surface area contributed by atoms with Gasteiger partial charge in [-0.15, -0.1) is 0 Å². The van der Waals surface area contributed by atoms with Crippen LogP contribution in [0.1, 0.15) is 18.1 Å². The highest BCUT2D eigenvalue weighted by Gasteiger charge is 2.16. The van der Waals surface area contributed by atoms with E-state index in [1.807, 2.05) is 12.1 Å². The molecule has 1 aliphatic rings. The minimum atomic E-state index is -0.247. The van der Waals surface area contributed by atoms with Crippen LogP contribution in [0.25, 0.3) is 11.1 Å². The van der Waals surface area contributed by atoms with Crippen LogP contribution in [0.2, 0.25) is 0 Å². The van der Waals surface area contributed by atoms with Crippen molar-refractivity contribution in [2.45, 2.75) is 26.1 Å². The van der Waals surface area contributed by atoms with Crippen molar-refractivity contribution in [1.29, 1.82) is 0 Å². The van der Waals surface area contributed by atoms with Crippen LogP contribution in [0.5, 0.6) is 0 Å². The van der Waals surface area contributed by atoms with E-state index in [9.17, 15) is 9.18 Å². The van der Waals surface area contributed by atoms with Crippen molar-refractivity contribution in [2.75, 3.05) is 19.6 Å². The molecule has 2 aromatic carbocycles. The molecule has 0 spiro atoms. The van der Waals surface area contributed by atoms with Crippen LogP contribution in [0, 0.1) is 5.82 Å². The zero-order valence-corrected chi connectivity index (χ0v) is 14.5. The van der Waals surface area contributed by atoms with Gasteiger partial charge in [0, 0.05) is 44.3 Å². The largest absolute Gasteiger partial charge is 0.355 e. The summed E-state index contributed by atoms with van der Waals surface area (Å²) in [6, 6.07) is 13.5. The molecule has 1 unspecified atom stereocenters. The Hall–Kier alpha value is -2.24. The van der Waals surface area contributed by atoms with Gasteiger partial charge in [-0.25, -0.2) is 4.39 Å². The van der Waals surface area contributed by atoms with Crippen LogP contribution in [0.3, 0.4) is 0 Å². The number of benzene rings is 2. The van der Waals surface area contributed by atoms with Crippen molar-refractivity contribution in [3.05, 3.63) is 59.4 Å². The minimum Gasteiger partial charge on any atom is -0.355 e. The molecule has 0 aliphatic carbocycles. The normalized spacial score (nSPS) is 18.1. The van der Waals surface area contributed by atoms with Crippen LogP contribution in [-0.2, 0) is 17.9 Å². The van der Waals surface area contributed by atoms with Crippen molar-refractivity contribution < 1.29 is 9.18 Å². The van der Waals surface area contributed by atoms with Gasteiger partial charge >= 0.3 is 0 Å². The summed E-state index contributed by atoms with van der Waals surface area (Å²) in [5.74, 6) is -0.247. The maximum absolute atomic E-state index is 14.3. The standard InChI is InChI=1S/C20H24FN3O/c1-15-12-24(8-7-23-15)13-17-3-2-4-18(9-17)19-10-16(11-22-14-25)5-6-20(19)21/h2-6,9-10,14-15,23H,7-8,11-13H2,1H3,(H,22,25). The fourth-order valence-corrected chi connectivity index (χ4v) is 3.31. The van der Waals surface area contributed by atoms with Gasteiger partial charge in [0.05, 0.1) is 0 Å². The van der Waals surface area contributed by atoms with Gasteiger partial charge < -0.3 is 10.6 Å². The lowest BCUT2D eigenvalue weighted by Crippen LogP contribution is -2.48. The summed E-state index contributed by atoms with van der Waals surface area (Å²) < 4.78 is 14.3. The third-order valence-electron chi connectivity index (χ3n) is 4.52. The van der Waals surface area contributed by atoms with Crippen molar-refractivity contribution >= 4 is 6.41 Å². The number of halogens is 1. The molecule has 4 nitrogen and oxygen atoms in total. The molecule has 5 heteroatoms. The monoisotopic (exact) mass is 341 g/mol. The average Bonchev–Trinajstić information content (AvgIpc) is 2.61. The Bertz CT molecular complexity index is 735. The molecule has 1 atom stereocenters. The summed E-state index contributed by atoms with van der Waals surface area (Å²) in [6.45, 7) is 6.50. The Morgan fingerprint density at radius 1 is 1.28 bits per heavy atom. The fourth-order valence-electron chi connectivity index (χ4n) is 3.31. The maximum Gasteiger partial charge on any atom is 0.207 e. The van der Waals surface area contributed by atoms with E-state index in [0.717, 1.165) is 37.3 Å². The second kappa shape index (κ2) is 8.23. The predicted octanol–water partition coefficient (Wildman–Crippen LogP) is 2.53. The van der Waals surface area contributed by atoms with Gasteiger partial charge in [0.1, 0.15) is 5.82 Å². The topological polar surface area (TPSA) is 44.4 Å². The first-order valence-corrected chi connectivity index (χ1v) is 8.66. The Balaban J connectivity index is 1.80. The first-order chi connectivity index (χ1) is 12.2. The molecule has 1 amide bonds. The van der Waals surface area contributed by atoms with E-state index in [1.54, 1.807) is 12.1 Å². The molecule has 25 heavy (non-hydrogen) atoms. The third-order valence-corrected chi connectivity index (χ3v) is 4.52. The van der Waals surface area contributed by atoms with Gasteiger partial charge in [0.25, 0.3) is 0 Å². The number of carbonyl (C=O) groups excluding carboxylic acids is 1. The molecular formula is C20H24FN3O. The SMILES string of the molecule is CC1CN(Cc2cccc(-c3cc(CNC=O)ccc3F)c2)CCN1. The number of carbonyl (C=O) groups is 1. The summed E-state index contributed by atoms with van der Waals surface area (Å²) in [6.07, 6.45) is 0.651. The molecule has 3 rings (SSSR count). The molecule has 132 valence electrons. The van der Waals surface area contributed by atoms with E-state index in [2.05, 4.69) is 34.6 Å². The van der Waals surface area contributed by atoms with Crippen molar-refractivity contribution in [2.24, 2.45) is 0 Å². The van der Waals surface area contributed by atoms with E-state index in [1.165, 1.54) is 11.6 Å². The Morgan fingerprint density at radius 3 is 2.96 bits per heavy atom. The molecule has 1 aliphatic heterocycles. The first-order valence-electron chi connectivity index (χ1n) is 8.66. The number of hydrogen-bond acceptors (Lipinski definition) is 3. The second-order valence-corrected chi connectivity index (χ2v) is 6.60. The van der Waals surface area contributed by atoms with E-state index >= 15 is 0 Å².